The molecule has 0 aliphatic carbocycles. The van der Waals surface area contributed by atoms with Gasteiger partial charge in [0.2, 0.25) is 11.8 Å². The Bertz CT molecular complexity index is 760. The molecule has 2 aromatic carbocycles. The van der Waals surface area contributed by atoms with Gasteiger partial charge in [0.25, 0.3) is 0 Å². The molecule has 0 bridgehead atoms. The largest absolute Gasteiger partial charge is 0.351 e. The second kappa shape index (κ2) is 10.5. The fourth-order valence-corrected chi connectivity index (χ4v) is 2.96. The first-order valence-electron chi connectivity index (χ1n) is 9.01. The van der Waals surface area contributed by atoms with E-state index in [1.54, 1.807) is 30.0 Å². The predicted molar refractivity (Wildman–Crippen MR) is 109 cm³/mol. The van der Waals surface area contributed by atoms with Crippen molar-refractivity contribution in [2.24, 2.45) is 0 Å². The van der Waals surface area contributed by atoms with Gasteiger partial charge >= 0.3 is 0 Å². The smallest absolute Gasteiger partial charge is 0.243 e. The van der Waals surface area contributed by atoms with Crippen molar-refractivity contribution in [1.82, 2.24) is 10.2 Å². The van der Waals surface area contributed by atoms with E-state index in [1.807, 2.05) is 42.5 Å². The van der Waals surface area contributed by atoms with Crippen molar-refractivity contribution in [2.45, 2.75) is 32.4 Å². The van der Waals surface area contributed by atoms with E-state index >= 15 is 0 Å². The first-order valence-corrected chi connectivity index (χ1v) is 9.39. The van der Waals surface area contributed by atoms with Crippen molar-refractivity contribution < 1.29 is 9.59 Å². The van der Waals surface area contributed by atoms with Gasteiger partial charge in [-0.15, -0.1) is 6.58 Å². The van der Waals surface area contributed by atoms with E-state index in [0.717, 1.165) is 11.1 Å². The second-order valence-corrected chi connectivity index (χ2v) is 6.68. The molecule has 2 rings (SSSR count). The number of hydrogen-bond acceptors (Lipinski definition) is 2. The van der Waals surface area contributed by atoms with Gasteiger partial charge in [0.05, 0.1) is 0 Å². The van der Waals surface area contributed by atoms with E-state index in [0.29, 0.717) is 31.0 Å². The van der Waals surface area contributed by atoms with Gasteiger partial charge in [-0.25, -0.2) is 0 Å². The van der Waals surface area contributed by atoms with Crippen LogP contribution in [0.5, 0.6) is 0 Å². The van der Waals surface area contributed by atoms with Crippen molar-refractivity contribution in [3.05, 3.63) is 83.4 Å². The first-order chi connectivity index (χ1) is 13.0. The van der Waals surface area contributed by atoms with Crippen molar-refractivity contribution in [3.63, 3.8) is 0 Å². The summed E-state index contributed by atoms with van der Waals surface area (Å²) in [4.78, 5) is 27.2. The quantitative estimate of drug-likeness (QED) is 0.664. The van der Waals surface area contributed by atoms with E-state index in [1.165, 1.54) is 0 Å². The fourth-order valence-electron chi connectivity index (χ4n) is 2.83. The molecule has 2 amide bonds. The van der Waals surface area contributed by atoms with E-state index in [-0.39, 0.29) is 11.8 Å². The van der Waals surface area contributed by atoms with Crippen LogP contribution in [0, 0.1) is 0 Å². The third kappa shape index (κ3) is 6.26. The summed E-state index contributed by atoms with van der Waals surface area (Å²) >= 11 is 5.96. The standard InChI is InChI=1S/C22H25ClN2O2/c1-3-14-24-22(27)20(15-17-8-6-5-7-9-17)25(21(26)4-2)16-18-10-12-19(23)13-11-18/h3,5-13,20H,1,4,14-16H2,2H3,(H,24,27). The van der Waals surface area contributed by atoms with Gasteiger partial charge in [-0.1, -0.05) is 67.1 Å². The van der Waals surface area contributed by atoms with Crippen molar-refractivity contribution in [2.75, 3.05) is 6.54 Å². The molecule has 0 saturated heterocycles. The Morgan fingerprint density at radius 1 is 1.11 bits per heavy atom. The molecule has 0 aromatic heterocycles. The monoisotopic (exact) mass is 384 g/mol. The summed E-state index contributed by atoms with van der Waals surface area (Å²) < 4.78 is 0. The van der Waals surface area contributed by atoms with Crippen molar-refractivity contribution >= 4 is 23.4 Å². The maximum Gasteiger partial charge on any atom is 0.243 e. The lowest BCUT2D eigenvalue weighted by Gasteiger charge is -2.31. The number of nitrogens with one attached hydrogen (secondary N) is 1. The Hall–Kier alpha value is -2.59. The van der Waals surface area contributed by atoms with Crippen LogP contribution >= 0.6 is 11.6 Å². The summed E-state index contributed by atoms with van der Waals surface area (Å²) in [5.41, 5.74) is 1.93. The number of amides is 2. The van der Waals surface area contributed by atoms with Crippen LogP contribution in [-0.2, 0) is 22.6 Å². The predicted octanol–water partition coefficient (Wildman–Crippen LogP) is 3.99. The Morgan fingerprint density at radius 3 is 2.37 bits per heavy atom. The summed E-state index contributed by atoms with van der Waals surface area (Å²) in [6.07, 6.45) is 2.40. The number of benzene rings is 2. The minimum absolute atomic E-state index is 0.0698. The number of hydrogen-bond donors (Lipinski definition) is 1. The van der Waals surface area contributed by atoms with Crippen LogP contribution in [-0.4, -0.2) is 29.3 Å². The highest BCUT2D eigenvalue weighted by Crippen LogP contribution is 2.17. The first kappa shape index (κ1) is 20.7. The number of carbonyl (C=O) groups is 2. The third-order valence-electron chi connectivity index (χ3n) is 4.26. The van der Waals surface area contributed by atoms with E-state index in [9.17, 15) is 9.59 Å². The molecule has 1 unspecified atom stereocenters. The summed E-state index contributed by atoms with van der Waals surface area (Å²) in [5, 5.41) is 3.47. The fraction of sp³-hybridized carbons (Fsp3) is 0.273. The molecule has 0 radical (unpaired) electrons. The number of carbonyl (C=O) groups excluding carboxylic acids is 2. The van der Waals surface area contributed by atoms with Crippen LogP contribution in [0.2, 0.25) is 5.02 Å². The molecule has 0 fully saturated rings. The zero-order chi connectivity index (χ0) is 19.6. The molecule has 0 heterocycles. The topological polar surface area (TPSA) is 49.4 Å². The Morgan fingerprint density at radius 2 is 1.78 bits per heavy atom. The molecule has 4 nitrogen and oxygen atoms in total. The molecule has 0 saturated carbocycles. The molecule has 0 spiro atoms. The van der Waals surface area contributed by atoms with Crippen LogP contribution in [0.15, 0.2) is 67.3 Å². The van der Waals surface area contributed by atoms with Gasteiger partial charge in [0.15, 0.2) is 0 Å². The summed E-state index contributed by atoms with van der Waals surface area (Å²) in [7, 11) is 0. The number of nitrogens with zero attached hydrogens (tertiary/aromatic N) is 1. The third-order valence-corrected chi connectivity index (χ3v) is 4.51. The van der Waals surface area contributed by atoms with E-state index in [2.05, 4.69) is 11.9 Å². The molecule has 2 aromatic rings. The average Bonchev–Trinajstić information content (AvgIpc) is 2.70. The minimum atomic E-state index is -0.601. The van der Waals surface area contributed by atoms with Gasteiger partial charge in [-0.05, 0) is 23.3 Å². The van der Waals surface area contributed by atoms with E-state index < -0.39 is 6.04 Å². The SMILES string of the molecule is C=CCNC(=O)C(Cc1ccccc1)N(Cc1ccc(Cl)cc1)C(=O)CC. The number of halogens is 1. The summed E-state index contributed by atoms with van der Waals surface area (Å²) in [5.74, 6) is -0.255. The lowest BCUT2D eigenvalue weighted by atomic mass is 10.0. The lowest BCUT2D eigenvalue weighted by Crippen LogP contribution is -2.50. The summed E-state index contributed by atoms with van der Waals surface area (Å²) in [6, 6.07) is 16.4. The van der Waals surface area contributed by atoms with Gasteiger partial charge in [-0.3, -0.25) is 9.59 Å². The molecular weight excluding hydrogens is 360 g/mol. The van der Waals surface area contributed by atoms with Gasteiger partial charge in [-0.2, -0.15) is 0 Å². The molecule has 0 aliphatic heterocycles. The lowest BCUT2D eigenvalue weighted by molar-refractivity contribution is -0.140. The zero-order valence-corrected chi connectivity index (χ0v) is 16.3. The maximum atomic E-state index is 12.8. The normalized spacial score (nSPS) is 11.5. The summed E-state index contributed by atoms with van der Waals surface area (Å²) in [6.45, 7) is 6.15. The minimum Gasteiger partial charge on any atom is -0.351 e. The maximum absolute atomic E-state index is 12.8. The van der Waals surface area contributed by atoms with Gasteiger partial charge in [0.1, 0.15) is 6.04 Å². The average molecular weight is 385 g/mol. The highest BCUT2D eigenvalue weighted by molar-refractivity contribution is 6.30. The highest BCUT2D eigenvalue weighted by Gasteiger charge is 2.29. The number of rotatable bonds is 9. The van der Waals surface area contributed by atoms with Crippen LogP contribution in [0.25, 0.3) is 0 Å². The molecule has 27 heavy (non-hydrogen) atoms. The van der Waals surface area contributed by atoms with Crippen molar-refractivity contribution in [1.29, 1.82) is 0 Å². The van der Waals surface area contributed by atoms with Crippen molar-refractivity contribution in [3.8, 4) is 0 Å². The van der Waals surface area contributed by atoms with Crippen LogP contribution in [0.4, 0.5) is 0 Å². The molecule has 142 valence electrons. The highest BCUT2D eigenvalue weighted by atomic mass is 35.5. The molecule has 0 aliphatic rings. The molecule has 1 atom stereocenters. The van der Waals surface area contributed by atoms with Crippen LogP contribution in [0.3, 0.4) is 0 Å². The Labute approximate surface area is 165 Å². The van der Waals surface area contributed by atoms with Crippen LogP contribution < -0.4 is 5.32 Å². The van der Waals surface area contributed by atoms with E-state index in [4.69, 9.17) is 11.6 Å². The van der Waals surface area contributed by atoms with Crippen LogP contribution in [0.1, 0.15) is 24.5 Å². The van der Waals surface area contributed by atoms with Gasteiger partial charge < -0.3 is 10.2 Å². The Balaban J connectivity index is 2.31. The molecule has 1 N–H and O–H groups in total. The zero-order valence-electron chi connectivity index (χ0n) is 15.5. The second-order valence-electron chi connectivity index (χ2n) is 6.24. The van der Waals surface area contributed by atoms with Gasteiger partial charge in [0, 0.05) is 31.0 Å². The molecular formula is C22H25ClN2O2. The molecule has 5 heteroatoms. The Kier molecular flexibility index (Phi) is 8.08.